The molecule has 122 valence electrons. The van der Waals surface area contributed by atoms with Crippen LogP contribution in [0.25, 0.3) is 0 Å². The average Bonchev–Trinajstić information content (AvgIpc) is 2.98. The maximum absolute atomic E-state index is 13.3. The van der Waals surface area contributed by atoms with Gasteiger partial charge in [0.15, 0.2) is 0 Å². The van der Waals surface area contributed by atoms with E-state index >= 15 is 0 Å². The number of hydrogen-bond donors (Lipinski definition) is 2. The topological polar surface area (TPSA) is 102 Å². The molecule has 0 radical (unpaired) electrons. The van der Waals surface area contributed by atoms with Crippen molar-refractivity contribution in [3.8, 4) is 5.75 Å². The predicted octanol–water partition coefficient (Wildman–Crippen LogP) is 0.602. The maximum Gasteiger partial charge on any atom is 0.322 e. The summed E-state index contributed by atoms with van der Waals surface area (Å²) in [7, 11) is -3.02. The van der Waals surface area contributed by atoms with E-state index in [1.54, 1.807) is 0 Å². The van der Waals surface area contributed by atoms with Gasteiger partial charge in [0.25, 0.3) is 0 Å². The number of hydrogen-bond acceptors (Lipinski definition) is 5. The highest BCUT2D eigenvalue weighted by Gasteiger charge is 2.36. The van der Waals surface area contributed by atoms with Gasteiger partial charge >= 0.3 is 5.97 Å². The summed E-state index contributed by atoms with van der Waals surface area (Å²) in [6, 6.07) is 1.65. The zero-order chi connectivity index (χ0) is 16.3. The molecule has 1 heterocycles. The van der Waals surface area contributed by atoms with E-state index in [0.29, 0.717) is 13.0 Å². The number of halogens is 1. The third kappa shape index (κ3) is 3.54. The number of methoxy groups -OCH3 is 1. The number of nitrogens with one attached hydrogen (secondary N) is 1. The fourth-order valence-electron chi connectivity index (χ4n) is 2.26. The van der Waals surface area contributed by atoms with Gasteiger partial charge in [-0.25, -0.2) is 12.8 Å². The molecule has 2 rings (SSSR count). The highest BCUT2D eigenvalue weighted by atomic mass is 32.2. The highest BCUT2D eigenvalue weighted by Crippen LogP contribution is 2.26. The Balaban J connectivity index is 2.33. The first-order valence-electron chi connectivity index (χ1n) is 6.51. The summed E-state index contributed by atoms with van der Waals surface area (Å²) in [6.07, 6.45) is 0.430. The number of benzene rings is 1. The number of rotatable bonds is 6. The van der Waals surface area contributed by atoms with Crippen molar-refractivity contribution in [2.24, 2.45) is 5.92 Å². The predicted molar refractivity (Wildman–Crippen MR) is 73.6 cm³/mol. The molecular weight excluding hydrogens is 317 g/mol. The van der Waals surface area contributed by atoms with E-state index in [1.165, 1.54) is 13.2 Å². The fraction of sp³-hybridized carbons (Fsp3) is 0.462. The SMILES string of the molecule is COc1ccc(F)cc1S(=O)(=O)NC(C(=O)O)C1CCOC1. The third-order valence-corrected chi connectivity index (χ3v) is 4.86. The van der Waals surface area contributed by atoms with Crippen LogP contribution in [-0.2, 0) is 19.6 Å². The highest BCUT2D eigenvalue weighted by molar-refractivity contribution is 7.89. The van der Waals surface area contributed by atoms with Crippen molar-refractivity contribution in [2.45, 2.75) is 17.4 Å². The summed E-state index contributed by atoms with van der Waals surface area (Å²) in [4.78, 5) is 10.9. The minimum absolute atomic E-state index is 0.0688. The van der Waals surface area contributed by atoms with Crippen molar-refractivity contribution in [2.75, 3.05) is 20.3 Å². The van der Waals surface area contributed by atoms with Gasteiger partial charge in [0.1, 0.15) is 22.5 Å². The molecule has 2 unspecified atom stereocenters. The van der Waals surface area contributed by atoms with Crippen LogP contribution in [0.3, 0.4) is 0 Å². The lowest BCUT2D eigenvalue weighted by molar-refractivity contribution is -0.140. The Kier molecular flexibility index (Phi) is 4.99. The van der Waals surface area contributed by atoms with Crippen LogP contribution in [0, 0.1) is 11.7 Å². The lowest BCUT2D eigenvalue weighted by Crippen LogP contribution is -2.46. The van der Waals surface area contributed by atoms with Gasteiger partial charge in [-0.05, 0) is 24.6 Å². The molecule has 0 spiro atoms. The zero-order valence-electron chi connectivity index (χ0n) is 11.8. The molecule has 1 aliphatic heterocycles. The van der Waals surface area contributed by atoms with Crippen molar-refractivity contribution in [3.05, 3.63) is 24.0 Å². The van der Waals surface area contributed by atoms with E-state index in [-0.39, 0.29) is 12.4 Å². The van der Waals surface area contributed by atoms with Crippen molar-refractivity contribution < 1.29 is 32.2 Å². The van der Waals surface area contributed by atoms with Crippen LogP contribution in [0.15, 0.2) is 23.1 Å². The maximum atomic E-state index is 13.3. The molecule has 1 aromatic carbocycles. The number of carbonyl (C=O) groups is 1. The molecule has 22 heavy (non-hydrogen) atoms. The minimum Gasteiger partial charge on any atom is -0.495 e. The van der Waals surface area contributed by atoms with Gasteiger partial charge in [0, 0.05) is 12.5 Å². The summed E-state index contributed by atoms with van der Waals surface area (Å²) >= 11 is 0. The van der Waals surface area contributed by atoms with Gasteiger partial charge in [0.2, 0.25) is 10.0 Å². The quantitative estimate of drug-likeness (QED) is 0.790. The summed E-state index contributed by atoms with van der Waals surface area (Å²) < 4.78 is 50.2. The fourth-order valence-corrected chi connectivity index (χ4v) is 3.69. The molecular formula is C13H16FNO6S. The van der Waals surface area contributed by atoms with Crippen molar-refractivity contribution in [1.82, 2.24) is 4.72 Å². The van der Waals surface area contributed by atoms with Gasteiger partial charge in [0.05, 0.1) is 13.7 Å². The van der Waals surface area contributed by atoms with E-state index < -0.39 is 38.7 Å². The molecule has 0 aromatic heterocycles. The molecule has 1 saturated heterocycles. The number of carboxylic acids is 1. The smallest absolute Gasteiger partial charge is 0.322 e. The van der Waals surface area contributed by atoms with Crippen LogP contribution in [0.4, 0.5) is 4.39 Å². The number of aliphatic carboxylic acids is 1. The van der Waals surface area contributed by atoms with Gasteiger partial charge in [-0.3, -0.25) is 4.79 Å². The number of sulfonamides is 1. The third-order valence-electron chi connectivity index (χ3n) is 3.40. The van der Waals surface area contributed by atoms with Gasteiger partial charge in [-0.1, -0.05) is 0 Å². The molecule has 0 aliphatic carbocycles. The summed E-state index contributed by atoms with van der Waals surface area (Å²) in [6.45, 7) is 0.527. The molecule has 2 atom stereocenters. The van der Waals surface area contributed by atoms with E-state index in [4.69, 9.17) is 9.47 Å². The Bertz CT molecular complexity index is 656. The Labute approximate surface area is 127 Å². The summed E-state index contributed by atoms with van der Waals surface area (Å²) in [5.74, 6) is -2.63. The Hall–Kier alpha value is -1.71. The van der Waals surface area contributed by atoms with Crippen LogP contribution in [0.5, 0.6) is 5.75 Å². The summed E-state index contributed by atoms with van der Waals surface area (Å²) in [5.41, 5.74) is 0. The Morgan fingerprint density at radius 3 is 2.82 bits per heavy atom. The van der Waals surface area contributed by atoms with Gasteiger partial charge in [-0.2, -0.15) is 4.72 Å². The van der Waals surface area contributed by atoms with Crippen molar-refractivity contribution in [1.29, 1.82) is 0 Å². The Morgan fingerprint density at radius 1 is 1.55 bits per heavy atom. The molecule has 0 amide bonds. The Morgan fingerprint density at radius 2 is 2.27 bits per heavy atom. The molecule has 9 heteroatoms. The first-order valence-corrected chi connectivity index (χ1v) is 8.00. The second kappa shape index (κ2) is 6.59. The second-order valence-electron chi connectivity index (χ2n) is 4.86. The van der Waals surface area contributed by atoms with E-state index in [1.807, 2.05) is 0 Å². The van der Waals surface area contributed by atoms with Crippen LogP contribution in [0.1, 0.15) is 6.42 Å². The van der Waals surface area contributed by atoms with Crippen LogP contribution >= 0.6 is 0 Å². The lowest BCUT2D eigenvalue weighted by atomic mass is 10.0. The standard InChI is InChI=1S/C13H16FNO6S/c1-20-10-3-2-9(14)6-11(10)22(18,19)15-12(13(16)17)8-4-5-21-7-8/h2-3,6,8,12,15H,4-5,7H2,1H3,(H,16,17). The molecule has 2 N–H and O–H groups in total. The van der Waals surface area contributed by atoms with Crippen LogP contribution < -0.4 is 9.46 Å². The normalized spacial score (nSPS) is 19.8. The van der Waals surface area contributed by atoms with Crippen LogP contribution in [-0.4, -0.2) is 45.9 Å². The average molecular weight is 333 g/mol. The molecule has 1 fully saturated rings. The zero-order valence-corrected chi connectivity index (χ0v) is 12.6. The summed E-state index contributed by atoms with van der Waals surface area (Å²) in [5, 5.41) is 9.24. The van der Waals surface area contributed by atoms with Gasteiger partial charge < -0.3 is 14.6 Å². The second-order valence-corrected chi connectivity index (χ2v) is 6.54. The molecule has 0 bridgehead atoms. The first kappa shape index (κ1) is 16.7. The van der Waals surface area contributed by atoms with Crippen molar-refractivity contribution >= 4 is 16.0 Å². The molecule has 7 nitrogen and oxygen atoms in total. The lowest BCUT2D eigenvalue weighted by Gasteiger charge is -2.20. The molecule has 1 aromatic rings. The van der Waals surface area contributed by atoms with E-state index in [2.05, 4.69) is 4.72 Å². The monoisotopic (exact) mass is 333 g/mol. The van der Waals surface area contributed by atoms with Crippen LogP contribution in [0.2, 0.25) is 0 Å². The largest absolute Gasteiger partial charge is 0.495 e. The first-order chi connectivity index (χ1) is 10.3. The number of ether oxygens (including phenoxy) is 2. The van der Waals surface area contributed by atoms with E-state index in [0.717, 1.165) is 12.1 Å². The van der Waals surface area contributed by atoms with E-state index in [9.17, 15) is 22.7 Å². The number of carboxylic acid groups (broad SMARTS) is 1. The molecule has 0 saturated carbocycles. The van der Waals surface area contributed by atoms with Gasteiger partial charge in [-0.15, -0.1) is 0 Å². The minimum atomic E-state index is -4.26. The van der Waals surface area contributed by atoms with Crippen molar-refractivity contribution in [3.63, 3.8) is 0 Å². The molecule has 1 aliphatic rings.